The Kier molecular flexibility index (Phi) is 5.69. The standard InChI is InChI=1S/C16H26N2/c1-18(16-10-12-17-13-11-16)14-6-5-9-15-7-3-2-4-8-15/h2-4,7-8,16-17H,5-6,9-14H2,1H3. The maximum Gasteiger partial charge on any atom is 0.0116 e. The van der Waals surface area contributed by atoms with E-state index in [1.54, 1.807) is 0 Å². The second-order valence-corrected chi connectivity index (χ2v) is 5.40. The second-order valence-electron chi connectivity index (χ2n) is 5.40. The van der Waals surface area contributed by atoms with Crippen LogP contribution in [0.1, 0.15) is 31.2 Å². The summed E-state index contributed by atoms with van der Waals surface area (Å²) < 4.78 is 0. The third kappa shape index (κ3) is 4.43. The van der Waals surface area contributed by atoms with Crippen molar-refractivity contribution in [3.8, 4) is 0 Å². The molecule has 1 aliphatic heterocycles. The summed E-state index contributed by atoms with van der Waals surface area (Å²) in [5.41, 5.74) is 1.47. The van der Waals surface area contributed by atoms with Gasteiger partial charge < -0.3 is 10.2 Å². The van der Waals surface area contributed by atoms with Crippen molar-refractivity contribution in [3.05, 3.63) is 35.9 Å². The van der Waals surface area contributed by atoms with Crippen molar-refractivity contribution in [1.29, 1.82) is 0 Å². The Morgan fingerprint density at radius 3 is 2.56 bits per heavy atom. The third-order valence-corrected chi connectivity index (χ3v) is 4.00. The van der Waals surface area contributed by atoms with E-state index in [0.717, 1.165) is 6.04 Å². The predicted molar refractivity (Wildman–Crippen MR) is 77.9 cm³/mol. The number of aryl methyl sites for hydroxylation is 1. The van der Waals surface area contributed by atoms with Gasteiger partial charge in [-0.15, -0.1) is 0 Å². The molecule has 0 aliphatic carbocycles. The predicted octanol–water partition coefficient (Wildman–Crippen LogP) is 2.69. The molecule has 1 aromatic rings. The van der Waals surface area contributed by atoms with Gasteiger partial charge >= 0.3 is 0 Å². The van der Waals surface area contributed by atoms with E-state index in [2.05, 4.69) is 47.6 Å². The lowest BCUT2D eigenvalue weighted by Gasteiger charge is -2.31. The Labute approximate surface area is 111 Å². The van der Waals surface area contributed by atoms with Crippen molar-refractivity contribution in [2.45, 2.75) is 38.1 Å². The van der Waals surface area contributed by atoms with Crippen LogP contribution in [0.25, 0.3) is 0 Å². The minimum absolute atomic E-state index is 0.808. The Balaban J connectivity index is 1.60. The molecule has 2 nitrogen and oxygen atoms in total. The molecule has 1 aromatic carbocycles. The molecule has 0 amide bonds. The lowest BCUT2D eigenvalue weighted by atomic mass is 10.0. The summed E-state index contributed by atoms with van der Waals surface area (Å²) in [5.74, 6) is 0. The summed E-state index contributed by atoms with van der Waals surface area (Å²) in [6.07, 6.45) is 6.47. The van der Waals surface area contributed by atoms with Crippen LogP contribution in [-0.2, 0) is 6.42 Å². The van der Waals surface area contributed by atoms with Crippen LogP contribution in [0.4, 0.5) is 0 Å². The first-order chi connectivity index (χ1) is 8.86. The molecular weight excluding hydrogens is 220 g/mol. The van der Waals surface area contributed by atoms with Crippen molar-refractivity contribution in [2.24, 2.45) is 0 Å². The molecule has 0 radical (unpaired) electrons. The van der Waals surface area contributed by atoms with E-state index < -0.39 is 0 Å². The van der Waals surface area contributed by atoms with E-state index >= 15 is 0 Å². The molecule has 1 N–H and O–H groups in total. The minimum Gasteiger partial charge on any atom is -0.317 e. The molecule has 0 unspecified atom stereocenters. The first-order valence-electron chi connectivity index (χ1n) is 7.31. The Morgan fingerprint density at radius 1 is 1.11 bits per heavy atom. The van der Waals surface area contributed by atoms with E-state index in [9.17, 15) is 0 Å². The molecule has 1 heterocycles. The molecule has 1 fully saturated rings. The molecule has 1 saturated heterocycles. The minimum atomic E-state index is 0.808. The van der Waals surface area contributed by atoms with Crippen LogP contribution in [0.3, 0.4) is 0 Å². The largest absolute Gasteiger partial charge is 0.317 e. The second kappa shape index (κ2) is 7.55. The smallest absolute Gasteiger partial charge is 0.0116 e. The van der Waals surface area contributed by atoms with Gasteiger partial charge in [0.25, 0.3) is 0 Å². The summed E-state index contributed by atoms with van der Waals surface area (Å²) in [4.78, 5) is 2.56. The summed E-state index contributed by atoms with van der Waals surface area (Å²) >= 11 is 0. The van der Waals surface area contributed by atoms with E-state index in [1.165, 1.54) is 57.3 Å². The van der Waals surface area contributed by atoms with Gasteiger partial charge in [0.2, 0.25) is 0 Å². The van der Waals surface area contributed by atoms with Gasteiger partial charge in [0, 0.05) is 6.04 Å². The zero-order valence-corrected chi connectivity index (χ0v) is 11.6. The van der Waals surface area contributed by atoms with Crippen LogP contribution in [-0.4, -0.2) is 37.6 Å². The fourth-order valence-electron chi connectivity index (χ4n) is 2.77. The molecule has 18 heavy (non-hydrogen) atoms. The van der Waals surface area contributed by atoms with Gasteiger partial charge in [-0.2, -0.15) is 0 Å². The van der Waals surface area contributed by atoms with Crippen molar-refractivity contribution < 1.29 is 0 Å². The maximum atomic E-state index is 3.43. The number of unbranched alkanes of at least 4 members (excludes halogenated alkanes) is 1. The number of hydrogen-bond donors (Lipinski definition) is 1. The normalized spacial score (nSPS) is 17.2. The van der Waals surface area contributed by atoms with Crippen molar-refractivity contribution >= 4 is 0 Å². The molecule has 0 saturated carbocycles. The van der Waals surface area contributed by atoms with Gasteiger partial charge in [0.15, 0.2) is 0 Å². The first-order valence-corrected chi connectivity index (χ1v) is 7.31. The quantitative estimate of drug-likeness (QED) is 0.776. The lowest BCUT2D eigenvalue weighted by Crippen LogP contribution is -2.41. The third-order valence-electron chi connectivity index (χ3n) is 4.00. The van der Waals surface area contributed by atoms with Gasteiger partial charge in [-0.3, -0.25) is 0 Å². The van der Waals surface area contributed by atoms with Crippen LogP contribution >= 0.6 is 0 Å². The summed E-state index contributed by atoms with van der Waals surface area (Å²) in [7, 11) is 2.29. The molecule has 0 atom stereocenters. The Hall–Kier alpha value is -0.860. The number of rotatable bonds is 6. The zero-order valence-electron chi connectivity index (χ0n) is 11.6. The molecule has 0 bridgehead atoms. The van der Waals surface area contributed by atoms with E-state index in [0.29, 0.717) is 0 Å². The molecule has 0 spiro atoms. The van der Waals surface area contributed by atoms with E-state index in [-0.39, 0.29) is 0 Å². The first kappa shape index (κ1) is 13.6. The average molecular weight is 246 g/mol. The summed E-state index contributed by atoms with van der Waals surface area (Å²) in [6.45, 7) is 3.63. The Morgan fingerprint density at radius 2 is 1.83 bits per heavy atom. The topological polar surface area (TPSA) is 15.3 Å². The fourth-order valence-corrected chi connectivity index (χ4v) is 2.77. The molecule has 2 rings (SSSR count). The van der Waals surface area contributed by atoms with Gasteiger partial charge in [-0.1, -0.05) is 30.3 Å². The molecule has 0 aromatic heterocycles. The fraction of sp³-hybridized carbons (Fsp3) is 0.625. The van der Waals surface area contributed by atoms with E-state index in [1.807, 2.05) is 0 Å². The highest BCUT2D eigenvalue weighted by molar-refractivity contribution is 5.14. The van der Waals surface area contributed by atoms with Crippen molar-refractivity contribution in [3.63, 3.8) is 0 Å². The van der Waals surface area contributed by atoms with Crippen LogP contribution < -0.4 is 5.32 Å². The number of nitrogens with zero attached hydrogens (tertiary/aromatic N) is 1. The van der Waals surface area contributed by atoms with Crippen LogP contribution in [0, 0.1) is 0 Å². The van der Waals surface area contributed by atoms with Gasteiger partial charge in [0.1, 0.15) is 0 Å². The zero-order chi connectivity index (χ0) is 12.6. The summed E-state index contributed by atoms with van der Waals surface area (Å²) in [5, 5.41) is 3.43. The lowest BCUT2D eigenvalue weighted by molar-refractivity contribution is 0.196. The monoisotopic (exact) mass is 246 g/mol. The number of hydrogen-bond acceptors (Lipinski definition) is 2. The van der Waals surface area contributed by atoms with Crippen LogP contribution in [0.15, 0.2) is 30.3 Å². The molecule has 1 aliphatic rings. The average Bonchev–Trinajstić information content (AvgIpc) is 2.45. The number of benzene rings is 1. The highest BCUT2D eigenvalue weighted by atomic mass is 15.1. The highest BCUT2D eigenvalue weighted by Gasteiger charge is 2.16. The number of nitrogens with one attached hydrogen (secondary N) is 1. The molecular formula is C16H26N2. The molecule has 100 valence electrons. The maximum absolute atomic E-state index is 3.43. The number of piperidine rings is 1. The molecule has 2 heteroatoms. The van der Waals surface area contributed by atoms with Gasteiger partial charge in [-0.25, -0.2) is 0 Å². The summed E-state index contributed by atoms with van der Waals surface area (Å²) in [6, 6.07) is 11.6. The van der Waals surface area contributed by atoms with Gasteiger partial charge in [0.05, 0.1) is 0 Å². The SMILES string of the molecule is CN(CCCCc1ccccc1)C1CCNCC1. The van der Waals surface area contributed by atoms with Gasteiger partial charge in [-0.05, 0) is 64.3 Å². The van der Waals surface area contributed by atoms with Crippen LogP contribution in [0.5, 0.6) is 0 Å². The van der Waals surface area contributed by atoms with Crippen molar-refractivity contribution in [1.82, 2.24) is 10.2 Å². The van der Waals surface area contributed by atoms with E-state index in [4.69, 9.17) is 0 Å². The van der Waals surface area contributed by atoms with Crippen LogP contribution in [0.2, 0.25) is 0 Å². The highest BCUT2D eigenvalue weighted by Crippen LogP contribution is 2.11. The Bertz CT molecular complexity index is 317. The van der Waals surface area contributed by atoms with Crippen molar-refractivity contribution in [2.75, 3.05) is 26.7 Å².